The van der Waals surface area contributed by atoms with Crippen molar-refractivity contribution in [3.8, 4) is 0 Å². The molecule has 0 saturated carbocycles. The number of anilines is 1. The van der Waals surface area contributed by atoms with Gasteiger partial charge in [-0.05, 0) is 31.5 Å². The molecule has 0 atom stereocenters. The highest BCUT2D eigenvalue weighted by atomic mass is 35.5. The van der Waals surface area contributed by atoms with Crippen molar-refractivity contribution in [2.45, 2.75) is 19.8 Å². The molecule has 0 fully saturated rings. The molecule has 6 heteroatoms. The summed E-state index contributed by atoms with van der Waals surface area (Å²) in [6.45, 7) is 3.06. The molecule has 0 unspecified atom stereocenters. The van der Waals surface area contributed by atoms with Crippen LogP contribution in [-0.4, -0.2) is 30.2 Å². The number of carbonyl (C=O) groups is 2. The number of halogens is 1. The Balaban J connectivity index is 2.52. The number of benzene rings is 1. The summed E-state index contributed by atoms with van der Waals surface area (Å²) in [4.78, 5) is 22.3. The lowest BCUT2D eigenvalue weighted by Crippen LogP contribution is -2.13. The van der Waals surface area contributed by atoms with Gasteiger partial charge in [-0.1, -0.05) is 11.6 Å². The van der Waals surface area contributed by atoms with Gasteiger partial charge in [0, 0.05) is 19.6 Å². The van der Waals surface area contributed by atoms with Crippen LogP contribution in [-0.2, 0) is 9.53 Å². The first kappa shape index (κ1) is 15.5. The molecule has 0 saturated heterocycles. The summed E-state index contributed by atoms with van der Waals surface area (Å²) in [6.07, 6.45) is 0.960. The number of rotatable bonds is 7. The van der Waals surface area contributed by atoms with Gasteiger partial charge < -0.3 is 15.2 Å². The number of amides is 1. The van der Waals surface area contributed by atoms with Gasteiger partial charge in [-0.25, -0.2) is 4.79 Å². The zero-order chi connectivity index (χ0) is 14.3. The van der Waals surface area contributed by atoms with Gasteiger partial charge in [0.25, 0.3) is 0 Å². The van der Waals surface area contributed by atoms with E-state index in [1.807, 2.05) is 6.92 Å². The number of carboxylic acids is 1. The molecule has 0 aliphatic heterocycles. The molecule has 19 heavy (non-hydrogen) atoms. The van der Waals surface area contributed by atoms with Gasteiger partial charge >= 0.3 is 5.97 Å². The zero-order valence-electron chi connectivity index (χ0n) is 10.6. The fraction of sp³-hybridized carbons (Fsp3) is 0.385. The van der Waals surface area contributed by atoms with Crippen LogP contribution >= 0.6 is 11.6 Å². The SMILES string of the molecule is CCOCCCC(=O)Nc1ccc(C(=O)O)cc1Cl. The molecule has 0 heterocycles. The van der Waals surface area contributed by atoms with Crippen LogP contribution in [0.2, 0.25) is 5.02 Å². The summed E-state index contributed by atoms with van der Waals surface area (Å²) in [6, 6.07) is 4.18. The number of aromatic carboxylic acids is 1. The number of hydrogen-bond acceptors (Lipinski definition) is 3. The Morgan fingerprint density at radius 1 is 1.42 bits per heavy atom. The summed E-state index contributed by atoms with van der Waals surface area (Å²) in [5.41, 5.74) is 0.493. The van der Waals surface area contributed by atoms with E-state index in [0.717, 1.165) is 0 Å². The minimum atomic E-state index is -1.06. The third kappa shape index (κ3) is 5.28. The summed E-state index contributed by atoms with van der Waals surface area (Å²) in [5, 5.41) is 11.6. The average Bonchev–Trinajstić information content (AvgIpc) is 2.37. The second kappa shape index (κ2) is 7.76. The third-order valence-electron chi connectivity index (χ3n) is 2.39. The maximum absolute atomic E-state index is 11.6. The normalized spacial score (nSPS) is 10.2. The highest BCUT2D eigenvalue weighted by Gasteiger charge is 2.09. The van der Waals surface area contributed by atoms with Crippen molar-refractivity contribution in [3.05, 3.63) is 28.8 Å². The molecule has 0 aromatic heterocycles. The molecule has 1 aromatic carbocycles. The van der Waals surface area contributed by atoms with Crippen LogP contribution in [0.4, 0.5) is 5.69 Å². The van der Waals surface area contributed by atoms with Crippen molar-refractivity contribution >= 4 is 29.2 Å². The van der Waals surface area contributed by atoms with E-state index in [1.165, 1.54) is 18.2 Å². The van der Waals surface area contributed by atoms with Gasteiger partial charge in [-0.2, -0.15) is 0 Å². The second-order valence-electron chi connectivity index (χ2n) is 3.85. The van der Waals surface area contributed by atoms with E-state index in [2.05, 4.69) is 5.32 Å². The molecule has 5 nitrogen and oxygen atoms in total. The molecule has 104 valence electrons. The van der Waals surface area contributed by atoms with Gasteiger partial charge in [0.2, 0.25) is 5.91 Å². The first-order valence-corrected chi connectivity index (χ1v) is 6.32. The maximum Gasteiger partial charge on any atom is 0.335 e. The number of nitrogens with one attached hydrogen (secondary N) is 1. The van der Waals surface area contributed by atoms with Gasteiger partial charge in [0.05, 0.1) is 16.3 Å². The molecule has 1 rings (SSSR count). The van der Waals surface area contributed by atoms with E-state index in [1.54, 1.807) is 0 Å². The highest BCUT2D eigenvalue weighted by Crippen LogP contribution is 2.23. The van der Waals surface area contributed by atoms with Crippen molar-refractivity contribution < 1.29 is 19.4 Å². The third-order valence-corrected chi connectivity index (χ3v) is 2.70. The van der Waals surface area contributed by atoms with Crippen molar-refractivity contribution in [2.24, 2.45) is 0 Å². The van der Waals surface area contributed by atoms with E-state index < -0.39 is 5.97 Å². The summed E-state index contributed by atoms with van der Waals surface area (Å²) in [7, 11) is 0. The second-order valence-corrected chi connectivity index (χ2v) is 4.26. The van der Waals surface area contributed by atoms with Crippen LogP contribution < -0.4 is 5.32 Å². The minimum absolute atomic E-state index is 0.0827. The molecule has 0 aliphatic carbocycles. The quantitative estimate of drug-likeness (QED) is 0.755. The average molecular weight is 286 g/mol. The van der Waals surface area contributed by atoms with Gasteiger partial charge in [0.1, 0.15) is 0 Å². The monoisotopic (exact) mass is 285 g/mol. The van der Waals surface area contributed by atoms with E-state index in [0.29, 0.717) is 31.7 Å². The smallest absolute Gasteiger partial charge is 0.335 e. The van der Waals surface area contributed by atoms with Crippen LogP contribution in [0.15, 0.2) is 18.2 Å². The van der Waals surface area contributed by atoms with Crippen molar-refractivity contribution in [3.63, 3.8) is 0 Å². The molecular formula is C13H16ClNO4. The summed E-state index contributed by atoms with van der Waals surface area (Å²) in [5.74, 6) is -1.24. The molecular weight excluding hydrogens is 270 g/mol. The molecule has 1 amide bonds. The fourth-order valence-corrected chi connectivity index (χ4v) is 1.67. The first-order chi connectivity index (χ1) is 9.04. The highest BCUT2D eigenvalue weighted by molar-refractivity contribution is 6.34. The minimum Gasteiger partial charge on any atom is -0.478 e. The topological polar surface area (TPSA) is 75.6 Å². The fourth-order valence-electron chi connectivity index (χ4n) is 1.44. The molecule has 2 N–H and O–H groups in total. The van der Waals surface area contributed by atoms with E-state index in [-0.39, 0.29) is 16.5 Å². The number of carboxylic acid groups (broad SMARTS) is 1. The van der Waals surface area contributed by atoms with Crippen molar-refractivity contribution in [1.29, 1.82) is 0 Å². The summed E-state index contributed by atoms with van der Waals surface area (Å²) < 4.78 is 5.13. The van der Waals surface area contributed by atoms with E-state index in [4.69, 9.17) is 21.4 Å². The zero-order valence-corrected chi connectivity index (χ0v) is 11.4. The molecule has 1 aromatic rings. The first-order valence-electron chi connectivity index (χ1n) is 5.95. The standard InChI is InChI=1S/C13H16ClNO4/c1-2-19-7-3-4-12(16)15-11-6-5-9(13(17)18)8-10(11)14/h5-6,8H,2-4,7H2,1H3,(H,15,16)(H,17,18). The number of ether oxygens (including phenoxy) is 1. The van der Waals surface area contributed by atoms with Gasteiger partial charge in [-0.3, -0.25) is 4.79 Å². The van der Waals surface area contributed by atoms with Crippen LogP contribution in [0.5, 0.6) is 0 Å². The molecule has 0 aliphatic rings. The Morgan fingerprint density at radius 3 is 2.74 bits per heavy atom. The van der Waals surface area contributed by atoms with Crippen LogP contribution in [0.25, 0.3) is 0 Å². The Morgan fingerprint density at radius 2 is 2.16 bits per heavy atom. The largest absolute Gasteiger partial charge is 0.478 e. The van der Waals surface area contributed by atoms with E-state index in [9.17, 15) is 9.59 Å². The molecule has 0 bridgehead atoms. The van der Waals surface area contributed by atoms with Crippen LogP contribution in [0.3, 0.4) is 0 Å². The predicted molar refractivity (Wildman–Crippen MR) is 72.8 cm³/mol. The van der Waals surface area contributed by atoms with Crippen molar-refractivity contribution in [1.82, 2.24) is 0 Å². The lowest BCUT2D eigenvalue weighted by molar-refractivity contribution is -0.116. The van der Waals surface area contributed by atoms with Crippen LogP contribution in [0, 0.1) is 0 Å². The Labute approximate surface area is 116 Å². The number of carbonyl (C=O) groups excluding carboxylic acids is 1. The Hall–Kier alpha value is -1.59. The Kier molecular flexibility index (Phi) is 6.32. The van der Waals surface area contributed by atoms with Gasteiger partial charge in [-0.15, -0.1) is 0 Å². The lowest BCUT2D eigenvalue weighted by atomic mass is 10.2. The molecule has 0 spiro atoms. The van der Waals surface area contributed by atoms with Crippen LogP contribution in [0.1, 0.15) is 30.1 Å². The number of hydrogen-bond donors (Lipinski definition) is 2. The Bertz CT molecular complexity index is 462. The van der Waals surface area contributed by atoms with E-state index >= 15 is 0 Å². The van der Waals surface area contributed by atoms with Crippen molar-refractivity contribution in [2.75, 3.05) is 18.5 Å². The maximum atomic E-state index is 11.6. The molecule has 0 radical (unpaired) electrons. The summed E-state index contributed by atoms with van der Waals surface area (Å²) >= 11 is 5.90. The van der Waals surface area contributed by atoms with Gasteiger partial charge in [0.15, 0.2) is 0 Å². The predicted octanol–water partition coefficient (Wildman–Crippen LogP) is 2.79. The lowest BCUT2D eigenvalue weighted by Gasteiger charge is -2.08.